The fraction of sp³-hybridized carbons (Fsp3) is 0.250. The molecule has 87 valence electrons. The molecule has 0 fully saturated rings. The van der Waals surface area contributed by atoms with Gasteiger partial charge in [0.05, 0.1) is 0 Å². The van der Waals surface area contributed by atoms with Gasteiger partial charge in [-0.15, -0.1) is 0 Å². The maximum atomic E-state index is 3.07. The topological polar surface area (TPSA) is 0 Å². The molecule has 0 spiro atoms. The average molecular weight is 299 g/mol. The van der Waals surface area contributed by atoms with Crippen molar-refractivity contribution in [1.82, 2.24) is 0 Å². The van der Waals surface area contributed by atoms with Gasteiger partial charge >= 0.3 is 0 Å². The third-order valence-electron chi connectivity index (χ3n) is 2.20. The smallest absolute Gasteiger partial charge is 0 e. The number of hydrogen-bond donors (Lipinski definition) is 0. The standard InChI is InChI=1S/2C8H9.Y/c2*1-7-4-3-5-8(2)6-7;/h2*3-4,6H,1-2H3;/q2*-1;. The summed E-state index contributed by atoms with van der Waals surface area (Å²) in [6.45, 7) is 8.27. The molecular formula is C16H18Y-2. The second-order valence-electron chi connectivity index (χ2n) is 4.10. The monoisotopic (exact) mass is 299 g/mol. The molecule has 0 heterocycles. The van der Waals surface area contributed by atoms with Crippen LogP contribution in [0.25, 0.3) is 0 Å². The van der Waals surface area contributed by atoms with Crippen molar-refractivity contribution in [2.24, 2.45) is 0 Å². The van der Waals surface area contributed by atoms with Gasteiger partial charge in [-0.2, -0.15) is 70.8 Å². The van der Waals surface area contributed by atoms with E-state index in [1.165, 1.54) is 22.3 Å². The van der Waals surface area contributed by atoms with E-state index in [-0.39, 0.29) is 32.7 Å². The average Bonchev–Trinajstić information content (AvgIpc) is 2.17. The molecule has 0 bridgehead atoms. The van der Waals surface area contributed by atoms with Crippen LogP contribution < -0.4 is 0 Å². The SMILES string of the molecule is Cc1[c-]ccc(C)c1.Cc1[c-]ccc(C)c1.[Y]. The van der Waals surface area contributed by atoms with Gasteiger partial charge in [-0.25, -0.2) is 0 Å². The Balaban J connectivity index is 0.000000284. The van der Waals surface area contributed by atoms with Crippen LogP contribution in [0, 0.1) is 39.8 Å². The Morgan fingerprint density at radius 3 is 1.24 bits per heavy atom. The number of aryl methyl sites for hydroxylation is 4. The molecule has 0 aromatic heterocycles. The molecule has 0 saturated heterocycles. The molecular weight excluding hydrogens is 281 g/mol. The first-order chi connectivity index (χ1) is 7.58. The third-order valence-corrected chi connectivity index (χ3v) is 2.20. The van der Waals surface area contributed by atoms with Gasteiger partial charge in [0, 0.05) is 32.7 Å². The second-order valence-corrected chi connectivity index (χ2v) is 4.10. The zero-order valence-corrected chi connectivity index (χ0v) is 13.9. The van der Waals surface area contributed by atoms with Crippen molar-refractivity contribution in [3.63, 3.8) is 0 Å². The summed E-state index contributed by atoms with van der Waals surface area (Å²) in [5.41, 5.74) is 5.04. The summed E-state index contributed by atoms with van der Waals surface area (Å²) in [4.78, 5) is 0. The molecule has 0 aliphatic rings. The quantitative estimate of drug-likeness (QED) is 0.639. The van der Waals surface area contributed by atoms with E-state index in [4.69, 9.17) is 0 Å². The van der Waals surface area contributed by atoms with Crippen LogP contribution in [-0.4, -0.2) is 0 Å². The molecule has 0 atom stereocenters. The zero-order chi connectivity index (χ0) is 12.0. The maximum absolute atomic E-state index is 3.07. The van der Waals surface area contributed by atoms with Crippen LogP contribution >= 0.6 is 0 Å². The van der Waals surface area contributed by atoms with Crippen molar-refractivity contribution in [2.45, 2.75) is 27.7 Å². The van der Waals surface area contributed by atoms with Crippen LogP contribution in [0.1, 0.15) is 22.3 Å². The van der Waals surface area contributed by atoms with Gasteiger partial charge in [-0.05, 0) is 0 Å². The van der Waals surface area contributed by atoms with Gasteiger partial charge in [0.1, 0.15) is 0 Å². The predicted octanol–water partition coefficient (Wildman–Crippen LogP) is 4.20. The second kappa shape index (κ2) is 8.61. The Labute approximate surface area is 130 Å². The summed E-state index contributed by atoms with van der Waals surface area (Å²) in [7, 11) is 0. The van der Waals surface area contributed by atoms with E-state index in [1.807, 2.05) is 38.1 Å². The van der Waals surface area contributed by atoms with Gasteiger partial charge in [-0.3, -0.25) is 0 Å². The van der Waals surface area contributed by atoms with Crippen LogP contribution in [0.5, 0.6) is 0 Å². The molecule has 0 unspecified atom stereocenters. The Morgan fingerprint density at radius 2 is 1.06 bits per heavy atom. The number of hydrogen-bond acceptors (Lipinski definition) is 0. The molecule has 0 saturated carbocycles. The molecule has 2 aromatic carbocycles. The van der Waals surface area contributed by atoms with Gasteiger partial charge in [-0.1, -0.05) is 27.7 Å². The molecule has 0 aliphatic heterocycles. The van der Waals surface area contributed by atoms with Crippen molar-refractivity contribution in [2.75, 3.05) is 0 Å². The zero-order valence-electron chi connectivity index (χ0n) is 11.0. The van der Waals surface area contributed by atoms with E-state index in [9.17, 15) is 0 Å². The summed E-state index contributed by atoms with van der Waals surface area (Å²) < 4.78 is 0. The van der Waals surface area contributed by atoms with Gasteiger partial charge in [0.2, 0.25) is 0 Å². The van der Waals surface area contributed by atoms with Crippen LogP contribution in [0.4, 0.5) is 0 Å². The fourth-order valence-corrected chi connectivity index (χ4v) is 1.47. The van der Waals surface area contributed by atoms with Crippen molar-refractivity contribution in [3.8, 4) is 0 Å². The normalized spacial score (nSPS) is 8.71. The van der Waals surface area contributed by atoms with Crippen molar-refractivity contribution < 1.29 is 32.7 Å². The minimum absolute atomic E-state index is 0. The third kappa shape index (κ3) is 7.46. The van der Waals surface area contributed by atoms with E-state index in [2.05, 4.69) is 38.1 Å². The molecule has 0 amide bonds. The summed E-state index contributed by atoms with van der Waals surface area (Å²) in [5, 5.41) is 0. The molecule has 0 nitrogen and oxygen atoms in total. The summed E-state index contributed by atoms with van der Waals surface area (Å²) in [6, 6.07) is 18.4. The van der Waals surface area contributed by atoms with E-state index < -0.39 is 0 Å². The van der Waals surface area contributed by atoms with E-state index in [0.29, 0.717) is 0 Å². The Bertz CT molecular complexity index is 369. The largest absolute Gasteiger partial charge is 0.181 e. The minimum Gasteiger partial charge on any atom is -0.181 e. The fourth-order valence-electron chi connectivity index (χ4n) is 1.47. The van der Waals surface area contributed by atoms with Crippen molar-refractivity contribution >= 4 is 0 Å². The van der Waals surface area contributed by atoms with Gasteiger partial charge in [0.15, 0.2) is 0 Å². The molecule has 2 rings (SSSR count). The Hall–Kier alpha value is -0.456. The first-order valence-electron chi connectivity index (χ1n) is 5.48. The molecule has 2 aromatic rings. The van der Waals surface area contributed by atoms with E-state index >= 15 is 0 Å². The minimum atomic E-state index is 0. The Kier molecular flexibility index (Phi) is 8.38. The first-order valence-corrected chi connectivity index (χ1v) is 5.48. The molecule has 1 radical (unpaired) electrons. The van der Waals surface area contributed by atoms with Gasteiger partial charge < -0.3 is 0 Å². The van der Waals surface area contributed by atoms with Crippen LogP contribution in [0.2, 0.25) is 0 Å². The van der Waals surface area contributed by atoms with Crippen LogP contribution in [0.3, 0.4) is 0 Å². The van der Waals surface area contributed by atoms with E-state index in [1.54, 1.807) is 0 Å². The number of benzene rings is 2. The van der Waals surface area contributed by atoms with Crippen molar-refractivity contribution in [3.05, 3.63) is 70.8 Å². The summed E-state index contributed by atoms with van der Waals surface area (Å²) in [6.07, 6.45) is 0. The maximum Gasteiger partial charge on any atom is 0 e. The van der Waals surface area contributed by atoms with Gasteiger partial charge in [0.25, 0.3) is 0 Å². The molecule has 1 heteroatoms. The van der Waals surface area contributed by atoms with Crippen molar-refractivity contribution in [1.29, 1.82) is 0 Å². The predicted molar refractivity (Wildman–Crippen MR) is 69.5 cm³/mol. The summed E-state index contributed by atoms with van der Waals surface area (Å²) in [5.74, 6) is 0. The number of rotatable bonds is 0. The van der Waals surface area contributed by atoms with Crippen LogP contribution in [0.15, 0.2) is 36.4 Å². The molecule has 0 aliphatic carbocycles. The molecule has 17 heavy (non-hydrogen) atoms. The first kappa shape index (κ1) is 16.5. The Morgan fingerprint density at radius 1 is 0.706 bits per heavy atom. The molecule has 0 N–H and O–H groups in total. The van der Waals surface area contributed by atoms with Crippen LogP contribution in [-0.2, 0) is 32.7 Å². The summed E-state index contributed by atoms with van der Waals surface area (Å²) >= 11 is 0. The van der Waals surface area contributed by atoms with E-state index in [0.717, 1.165) is 0 Å².